The zero-order valence-electron chi connectivity index (χ0n) is 26.3. The van der Waals surface area contributed by atoms with Crippen LogP contribution < -0.4 is 10.6 Å². The van der Waals surface area contributed by atoms with E-state index < -0.39 is 0 Å². The van der Waals surface area contributed by atoms with Gasteiger partial charge in [-0.25, -0.2) is 9.97 Å². The number of aromatic amines is 2. The van der Waals surface area contributed by atoms with Crippen LogP contribution in [0.5, 0.6) is 0 Å². The third-order valence-corrected chi connectivity index (χ3v) is 8.62. The smallest absolute Gasteiger partial charge is 0.124 e. The summed E-state index contributed by atoms with van der Waals surface area (Å²) in [7, 11) is 0. The topological polar surface area (TPSA) is 81.4 Å². The number of hydrogen-bond acceptors (Lipinski definition) is 4. The van der Waals surface area contributed by atoms with Crippen LogP contribution in [0.25, 0.3) is 33.6 Å². The second-order valence-electron chi connectivity index (χ2n) is 11.2. The Morgan fingerprint density at radius 1 is 0.977 bits per heavy atom. The Morgan fingerprint density at radius 3 is 2.40 bits per heavy atom. The first-order valence-corrected chi connectivity index (χ1v) is 15.8. The normalized spacial score (nSPS) is 19.8. The van der Waals surface area contributed by atoms with Crippen LogP contribution in [0.1, 0.15) is 82.3 Å². The quantitative estimate of drug-likeness (QED) is 0.133. The molecule has 2 aliphatic carbocycles. The molecule has 7 rings (SSSR count). The molecule has 4 atom stereocenters. The fraction of sp³-hybridized carbons (Fsp3) is 0.405. The number of hydrogen-bond donors (Lipinski definition) is 4. The van der Waals surface area contributed by atoms with Crippen molar-refractivity contribution in [2.75, 3.05) is 0 Å². The molecular weight excluding hydrogens is 528 g/mol. The highest BCUT2D eigenvalue weighted by molar-refractivity contribution is 5.75. The van der Waals surface area contributed by atoms with Crippen LogP contribution in [0.15, 0.2) is 61.8 Å². The molecule has 43 heavy (non-hydrogen) atoms. The van der Waals surface area contributed by atoms with E-state index in [0.29, 0.717) is 12.1 Å². The minimum Gasteiger partial charge on any atom is -0.344 e. The van der Waals surface area contributed by atoms with Crippen LogP contribution in [0.2, 0.25) is 0 Å². The highest BCUT2D eigenvalue weighted by atomic mass is 15.1. The number of nitrogens with one attached hydrogen (secondary N) is 4. The largest absolute Gasteiger partial charge is 0.344 e. The summed E-state index contributed by atoms with van der Waals surface area (Å²) < 4.78 is 0. The molecule has 0 radical (unpaired) electrons. The van der Waals surface area contributed by atoms with Crippen molar-refractivity contribution in [1.82, 2.24) is 30.6 Å². The maximum Gasteiger partial charge on any atom is 0.124 e. The highest BCUT2D eigenvalue weighted by Crippen LogP contribution is 2.46. The van der Waals surface area contributed by atoms with E-state index in [1.165, 1.54) is 46.5 Å². The number of piperidine rings is 1. The van der Waals surface area contributed by atoms with Gasteiger partial charge in [0.15, 0.2) is 0 Å². The van der Waals surface area contributed by atoms with Crippen LogP contribution in [-0.2, 0) is 19.4 Å². The van der Waals surface area contributed by atoms with Crippen LogP contribution in [-0.4, -0.2) is 32.0 Å². The van der Waals surface area contributed by atoms with Crippen LogP contribution in [0.3, 0.4) is 0 Å². The average molecular weight is 577 g/mol. The molecule has 0 spiro atoms. The van der Waals surface area contributed by atoms with Crippen LogP contribution in [0.4, 0.5) is 0 Å². The summed E-state index contributed by atoms with van der Waals surface area (Å²) in [5.41, 5.74) is 9.92. The molecule has 0 bridgehead atoms. The summed E-state index contributed by atoms with van der Waals surface area (Å²) in [4.78, 5) is 16.9. The fourth-order valence-electron chi connectivity index (χ4n) is 6.05. The van der Waals surface area contributed by atoms with E-state index in [4.69, 9.17) is 4.98 Å². The van der Waals surface area contributed by atoms with Gasteiger partial charge in [-0.3, -0.25) is 0 Å². The van der Waals surface area contributed by atoms with E-state index >= 15 is 0 Å². The zero-order valence-corrected chi connectivity index (χ0v) is 26.3. The number of fused-ring (bicyclic) bond motifs is 4. The summed E-state index contributed by atoms with van der Waals surface area (Å²) in [6.45, 7) is 15.2. The van der Waals surface area contributed by atoms with Crippen molar-refractivity contribution in [3.05, 3.63) is 84.7 Å². The van der Waals surface area contributed by atoms with E-state index in [-0.39, 0.29) is 0 Å². The van der Waals surface area contributed by atoms with Crippen molar-refractivity contribution in [3.8, 4) is 46.5 Å². The van der Waals surface area contributed by atoms with Gasteiger partial charge < -0.3 is 20.6 Å². The van der Waals surface area contributed by atoms with Gasteiger partial charge in [0.1, 0.15) is 11.6 Å². The summed E-state index contributed by atoms with van der Waals surface area (Å²) in [5, 5.41) is 7.25. The Labute approximate surface area is 258 Å². The predicted octanol–water partition coefficient (Wildman–Crippen LogP) is 8.01. The number of imidazole rings is 2. The molecule has 0 amide bonds. The second-order valence-corrected chi connectivity index (χ2v) is 11.2. The zero-order chi connectivity index (χ0) is 30.9. The molecule has 2 aromatic heterocycles. The predicted molar refractivity (Wildman–Crippen MR) is 181 cm³/mol. The Balaban J connectivity index is 0.000000666. The third kappa shape index (κ3) is 7.18. The number of aromatic nitrogens is 4. The molecule has 1 unspecified atom stereocenters. The standard InChI is InChI=1S/C31H36N6.C2H6.C2H4.C2H2/c1-3-18(2)32-17-29-33-16-28(35-29)20-9-7-19(8-10-20)21-11-12-24-22(13-21)5-4-6-25-30(24)37-31(36-25)27-15-23-14-26(23)34-27;3*1-2/h7-13,16,18,23,26-27,32,34H,3-6,14-15,17H2,1-2H3,(H,33,35)(H,36,37);1-2H3;1-2H2;1-2H/t18?,23-,26-,27+;;;/m1.../s1. The lowest BCUT2D eigenvalue weighted by molar-refractivity contribution is 0.525. The van der Waals surface area contributed by atoms with Gasteiger partial charge >= 0.3 is 0 Å². The number of nitrogens with zero attached hydrogens (tertiary/aromatic N) is 2. The molecule has 1 aliphatic heterocycles. The minimum atomic E-state index is 0.402. The van der Waals surface area contributed by atoms with Gasteiger partial charge in [0.05, 0.1) is 30.2 Å². The van der Waals surface area contributed by atoms with Crippen LogP contribution in [0, 0.1) is 18.8 Å². The maximum atomic E-state index is 5.13. The Morgan fingerprint density at radius 2 is 1.70 bits per heavy atom. The van der Waals surface area contributed by atoms with Gasteiger partial charge in [-0.2, -0.15) is 0 Å². The SMILES string of the molecule is C#C.C=C.CC.CCC(C)NCc1ncc(-c2ccc(-c3ccc4c(c3)CCCc3[nH]c([C@@H]5C[C@H]6C[C@H]6N5)nc3-4)cc2)[nH]1. The summed E-state index contributed by atoms with van der Waals surface area (Å²) in [6.07, 6.45) is 16.9. The molecule has 226 valence electrons. The van der Waals surface area contributed by atoms with Gasteiger partial charge in [-0.1, -0.05) is 63.2 Å². The van der Waals surface area contributed by atoms with E-state index in [9.17, 15) is 0 Å². The molecule has 2 fully saturated rings. The monoisotopic (exact) mass is 576 g/mol. The van der Waals surface area contributed by atoms with Gasteiger partial charge in [0.2, 0.25) is 0 Å². The number of H-pyrrole nitrogens is 2. The van der Waals surface area contributed by atoms with E-state index in [2.05, 4.69) is 108 Å². The number of aryl methyl sites for hydroxylation is 2. The first-order chi connectivity index (χ1) is 21.1. The number of rotatable bonds is 7. The molecular formula is C37H48N6. The Bertz CT molecular complexity index is 1470. The lowest BCUT2D eigenvalue weighted by Gasteiger charge is -2.11. The number of benzene rings is 2. The molecule has 6 heteroatoms. The van der Waals surface area contributed by atoms with Crippen molar-refractivity contribution in [2.24, 2.45) is 5.92 Å². The van der Waals surface area contributed by atoms with Crippen LogP contribution >= 0.6 is 0 Å². The average Bonchev–Trinajstić information content (AvgIpc) is 3.39. The molecule has 1 saturated heterocycles. The van der Waals surface area contributed by atoms with E-state index in [1.807, 2.05) is 20.0 Å². The van der Waals surface area contributed by atoms with E-state index in [0.717, 1.165) is 67.1 Å². The van der Waals surface area contributed by atoms with Crippen molar-refractivity contribution in [3.63, 3.8) is 0 Å². The lowest BCUT2D eigenvalue weighted by Crippen LogP contribution is -2.24. The van der Waals surface area contributed by atoms with Gasteiger partial charge in [0.25, 0.3) is 0 Å². The van der Waals surface area contributed by atoms with Crippen molar-refractivity contribution < 1.29 is 0 Å². The summed E-state index contributed by atoms with van der Waals surface area (Å²) in [5.74, 6) is 2.99. The summed E-state index contributed by atoms with van der Waals surface area (Å²) >= 11 is 0. The number of terminal acetylenes is 1. The molecule has 4 aromatic rings. The first kappa shape index (κ1) is 32.0. The molecule has 2 aromatic carbocycles. The Kier molecular flexibility index (Phi) is 11.2. The molecule has 3 heterocycles. The highest BCUT2D eigenvalue weighted by Gasteiger charge is 2.47. The van der Waals surface area contributed by atoms with Crippen molar-refractivity contribution in [1.29, 1.82) is 0 Å². The van der Waals surface area contributed by atoms with Crippen molar-refractivity contribution >= 4 is 0 Å². The summed E-state index contributed by atoms with van der Waals surface area (Å²) in [6, 6.07) is 17.4. The van der Waals surface area contributed by atoms with Crippen molar-refractivity contribution in [2.45, 2.75) is 90.9 Å². The van der Waals surface area contributed by atoms with Gasteiger partial charge in [-0.15, -0.1) is 26.0 Å². The lowest BCUT2D eigenvalue weighted by atomic mass is 9.95. The van der Waals surface area contributed by atoms with E-state index in [1.54, 1.807) is 0 Å². The Hall–Kier alpha value is -3.92. The van der Waals surface area contributed by atoms with Gasteiger partial charge in [0, 0.05) is 23.3 Å². The molecule has 6 nitrogen and oxygen atoms in total. The third-order valence-electron chi connectivity index (χ3n) is 8.62. The van der Waals surface area contributed by atoms with Gasteiger partial charge in [-0.05, 0) is 73.6 Å². The molecule has 3 aliphatic rings. The maximum absolute atomic E-state index is 5.13. The molecule has 1 saturated carbocycles. The molecule has 4 N–H and O–H groups in total. The second kappa shape index (κ2) is 15.0. The fourth-order valence-corrected chi connectivity index (χ4v) is 6.05. The minimum absolute atomic E-state index is 0.402. The first-order valence-electron chi connectivity index (χ1n) is 15.8.